The first-order valence-corrected chi connectivity index (χ1v) is 15.8. The highest BCUT2D eigenvalue weighted by molar-refractivity contribution is 7.22. The number of benzene rings is 1. The number of amides is 1. The molecule has 8 nitrogen and oxygen atoms in total. The predicted octanol–water partition coefficient (Wildman–Crippen LogP) is 5.11. The van der Waals surface area contributed by atoms with Crippen LogP contribution in [0.15, 0.2) is 30.3 Å². The molecule has 4 atom stereocenters. The number of pyridine rings is 1. The van der Waals surface area contributed by atoms with Crippen LogP contribution < -0.4 is 9.64 Å². The fraction of sp³-hybridized carbons (Fsp3) is 0.500. The van der Waals surface area contributed by atoms with Crippen molar-refractivity contribution < 1.29 is 14.3 Å². The van der Waals surface area contributed by atoms with Gasteiger partial charge >= 0.3 is 0 Å². The molecule has 10 rings (SSSR count). The van der Waals surface area contributed by atoms with Crippen LogP contribution in [0.3, 0.4) is 0 Å². The molecule has 0 N–H and O–H groups in total. The van der Waals surface area contributed by atoms with Gasteiger partial charge in [-0.3, -0.25) is 9.69 Å². The number of hydrogen-bond acceptors (Lipinski definition) is 7. The van der Waals surface area contributed by atoms with Crippen LogP contribution in [-0.4, -0.2) is 83.5 Å². The molecule has 4 aromatic rings. The maximum Gasteiger partial charge on any atom is 0.255 e. The minimum Gasteiger partial charge on any atom is -0.496 e. The van der Waals surface area contributed by atoms with Gasteiger partial charge in [0.15, 0.2) is 0 Å². The van der Waals surface area contributed by atoms with Gasteiger partial charge in [-0.2, -0.15) is 0 Å². The second-order valence-corrected chi connectivity index (χ2v) is 13.6. The van der Waals surface area contributed by atoms with Crippen LogP contribution in [0.5, 0.6) is 5.75 Å². The summed E-state index contributed by atoms with van der Waals surface area (Å²) in [5, 5.41) is 2.29. The first-order chi connectivity index (χ1) is 20.0. The molecule has 8 heterocycles. The highest BCUT2D eigenvalue weighted by atomic mass is 32.1. The fourth-order valence-corrected chi connectivity index (χ4v) is 8.80. The summed E-state index contributed by atoms with van der Waals surface area (Å²) < 4.78 is 15.1. The Kier molecular flexibility index (Phi) is 5.18. The van der Waals surface area contributed by atoms with Crippen molar-refractivity contribution in [1.82, 2.24) is 19.4 Å². The lowest BCUT2D eigenvalue weighted by molar-refractivity contribution is 0.0776. The second kappa shape index (κ2) is 8.69. The van der Waals surface area contributed by atoms with Gasteiger partial charge in [0.05, 0.1) is 29.8 Å². The van der Waals surface area contributed by atoms with Crippen molar-refractivity contribution in [1.29, 1.82) is 0 Å². The molecule has 1 amide bonds. The lowest BCUT2D eigenvalue weighted by atomic mass is 10.1. The molecule has 1 aromatic carbocycles. The zero-order chi connectivity index (χ0) is 27.6. The molecule has 9 heteroatoms. The number of fused-ring (bicyclic) bond motifs is 3. The van der Waals surface area contributed by atoms with Crippen molar-refractivity contribution in [2.45, 2.75) is 63.5 Å². The lowest BCUT2D eigenvalue weighted by Gasteiger charge is -2.32. The SMILES string of the molecule is COc1cc(C(=O)N2CC3[C@@H]4C2N34)cc2sc(-c3cc4ccc(N5CCC(OC)CC5)nc4n3CC3CC3)c(C)c12. The molecular weight excluding hydrogens is 534 g/mol. The Hall–Kier alpha value is -3.14. The molecule has 1 aliphatic carbocycles. The van der Waals surface area contributed by atoms with Crippen molar-refractivity contribution in [2.24, 2.45) is 5.92 Å². The van der Waals surface area contributed by atoms with Gasteiger partial charge in [-0.25, -0.2) is 4.98 Å². The number of carbonyl (C=O) groups excluding carboxylic acids is 1. The Bertz CT molecular complexity index is 1720. The topological polar surface area (TPSA) is 62.8 Å². The average molecular weight is 570 g/mol. The summed E-state index contributed by atoms with van der Waals surface area (Å²) in [4.78, 5) is 26.9. The van der Waals surface area contributed by atoms with E-state index in [1.165, 1.54) is 34.4 Å². The number of nitrogens with zero attached hydrogens (tertiary/aromatic N) is 5. The number of hydrogen-bond donors (Lipinski definition) is 0. The van der Waals surface area contributed by atoms with Crippen LogP contribution in [0.25, 0.3) is 31.7 Å². The molecule has 0 spiro atoms. The Morgan fingerprint density at radius 1 is 1.10 bits per heavy atom. The molecule has 2 bridgehead atoms. The minimum atomic E-state index is 0.129. The summed E-state index contributed by atoms with van der Waals surface area (Å²) in [6.45, 7) is 6.00. The van der Waals surface area contributed by atoms with E-state index in [9.17, 15) is 4.79 Å². The van der Waals surface area contributed by atoms with E-state index in [1.807, 2.05) is 18.1 Å². The van der Waals surface area contributed by atoms with Crippen molar-refractivity contribution in [3.63, 3.8) is 0 Å². The summed E-state index contributed by atoms with van der Waals surface area (Å²) in [5.41, 5.74) is 4.24. The maximum absolute atomic E-state index is 13.5. The number of ether oxygens (including phenoxy) is 2. The van der Waals surface area contributed by atoms with Gasteiger partial charge in [-0.15, -0.1) is 11.3 Å². The van der Waals surface area contributed by atoms with E-state index in [2.05, 4.69) is 45.6 Å². The number of aryl methyl sites for hydroxylation is 1. The van der Waals surface area contributed by atoms with E-state index in [1.54, 1.807) is 18.4 Å². The van der Waals surface area contributed by atoms with Gasteiger partial charge < -0.3 is 23.8 Å². The van der Waals surface area contributed by atoms with E-state index in [0.29, 0.717) is 30.3 Å². The zero-order valence-electron chi connectivity index (χ0n) is 23.8. The summed E-state index contributed by atoms with van der Waals surface area (Å²) in [6, 6.07) is 12.0. The number of methoxy groups -OCH3 is 2. The third-order valence-corrected chi connectivity index (χ3v) is 11.4. The first kappa shape index (κ1) is 24.5. The third kappa shape index (κ3) is 3.64. The van der Waals surface area contributed by atoms with E-state index in [4.69, 9.17) is 14.5 Å². The first-order valence-electron chi connectivity index (χ1n) is 15.0. The molecule has 0 radical (unpaired) electrons. The van der Waals surface area contributed by atoms with Crippen LogP contribution in [-0.2, 0) is 11.3 Å². The monoisotopic (exact) mass is 569 g/mol. The van der Waals surface area contributed by atoms with Crippen molar-refractivity contribution in [3.8, 4) is 16.3 Å². The Labute approximate surface area is 243 Å². The molecule has 6 aliphatic rings. The molecule has 1 saturated carbocycles. The number of piperidine rings is 1. The van der Waals surface area contributed by atoms with E-state index in [-0.39, 0.29) is 5.91 Å². The number of anilines is 1. The van der Waals surface area contributed by atoms with Gasteiger partial charge in [0.1, 0.15) is 23.4 Å². The predicted molar refractivity (Wildman–Crippen MR) is 161 cm³/mol. The molecule has 212 valence electrons. The van der Waals surface area contributed by atoms with Crippen LogP contribution in [0.4, 0.5) is 5.82 Å². The van der Waals surface area contributed by atoms with Crippen LogP contribution in [0.1, 0.15) is 41.6 Å². The second-order valence-electron chi connectivity index (χ2n) is 12.6. The molecule has 3 aromatic heterocycles. The lowest BCUT2D eigenvalue weighted by Crippen LogP contribution is -2.37. The summed E-state index contributed by atoms with van der Waals surface area (Å²) >= 11 is 1.77. The van der Waals surface area contributed by atoms with E-state index < -0.39 is 0 Å². The van der Waals surface area contributed by atoms with Gasteiger partial charge in [0.25, 0.3) is 5.91 Å². The normalized spacial score (nSPS) is 26.7. The van der Waals surface area contributed by atoms with Gasteiger partial charge in [0.2, 0.25) is 0 Å². The molecular formula is C32H35N5O3S. The molecule has 3 unspecified atom stereocenters. The highest BCUT2D eigenvalue weighted by Crippen LogP contribution is 2.59. The van der Waals surface area contributed by atoms with Gasteiger partial charge in [0, 0.05) is 60.4 Å². The smallest absolute Gasteiger partial charge is 0.255 e. The third-order valence-electron chi connectivity index (χ3n) is 10.2. The van der Waals surface area contributed by atoms with Gasteiger partial charge in [-0.05, 0) is 74.4 Å². The quantitative estimate of drug-likeness (QED) is 0.289. The highest BCUT2D eigenvalue weighted by Gasteiger charge is 2.80. The van der Waals surface area contributed by atoms with Crippen LogP contribution >= 0.6 is 11.3 Å². The number of aromatic nitrogens is 2. The van der Waals surface area contributed by atoms with Crippen LogP contribution in [0, 0.1) is 12.8 Å². The van der Waals surface area contributed by atoms with Crippen LogP contribution in [0.2, 0.25) is 0 Å². The fourth-order valence-electron chi connectivity index (χ4n) is 7.51. The maximum atomic E-state index is 13.5. The van der Waals surface area contributed by atoms with E-state index in [0.717, 1.165) is 71.9 Å². The molecule has 5 aliphatic heterocycles. The molecule has 5 saturated heterocycles. The summed E-state index contributed by atoms with van der Waals surface area (Å²) in [7, 11) is 3.53. The molecule has 6 fully saturated rings. The summed E-state index contributed by atoms with van der Waals surface area (Å²) in [5.74, 6) is 2.69. The minimum absolute atomic E-state index is 0.129. The van der Waals surface area contributed by atoms with Crippen molar-refractivity contribution in [3.05, 3.63) is 41.5 Å². The van der Waals surface area contributed by atoms with Gasteiger partial charge in [-0.1, -0.05) is 0 Å². The molecule has 41 heavy (non-hydrogen) atoms. The Balaban J connectivity index is 1.12. The Morgan fingerprint density at radius 2 is 1.90 bits per heavy atom. The number of rotatable bonds is 7. The largest absolute Gasteiger partial charge is 0.496 e. The number of piperazine rings is 1. The van der Waals surface area contributed by atoms with Crippen molar-refractivity contribution in [2.75, 3.05) is 38.8 Å². The number of thiophene rings is 1. The summed E-state index contributed by atoms with van der Waals surface area (Å²) in [6.07, 6.45) is 5.33. The van der Waals surface area contributed by atoms with E-state index >= 15 is 0 Å². The standard InChI is InChI=1S/C32H35N5O3S/c1-17-27-24(40-3)13-20(32(38)36-16-23-28-31(36)37(23)28)14-25(27)41-29(17)22-12-19-6-7-26(34-10-8-21(39-2)9-11-34)33-30(19)35(22)15-18-4-5-18/h6-7,12-14,18,21,23,28,31H,4-5,8-11,15-16H2,1-3H3/t23?,28-,31?,37?/m1/s1. The Morgan fingerprint density at radius 3 is 2.59 bits per heavy atom. The zero-order valence-corrected chi connectivity index (χ0v) is 24.6. The average Bonchev–Trinajstić information content (AvgIpc) is 3.95. The number of carbonyl (C=O) groups is 1. The van der Waals surface area contributed by atoms with Crippen molar-refractivity contribution >= 4 is 44.2 Å².